The third kappa shape index (κ3) is 2.85. The number of aliphatic hydroxyl groups excluding tert-OH is 1. The molecule has 5 heteroatoms. The van der Waals surface area contributed by atoms with Crippen molar-refractivity contribution in [2.24, 2.45) is 0 Å². The Morgan fingerprint density at radius 2 is 1.84 bits per heavy atom. The average Bonchev–Trinajstić information content (AvgIpc) is 2.41. The predicted octanol–water partition coefficient (Wildman–Crippen LogP) is 3.71. The van der Waals surface area contributed by atoms with Crippen LogP contribution in [0.15, 0.2) is 36.4 Å². The molecule has 1 atom stereocenters. The van der Waals surface area contributed by atoms with Gasteiger partial charge in [-0.1, -0.05) is 17.7 Å². The van der Waals surface area contributed by atoms with Crippen molar-refractivity contribution in [3.8, 4) is 5.75 Å². The Kier molecular flexibility index (Phi) is 4.02. The van der Waals surface area contributed by atoms with Crippen molar-refractivity contribution >= 4 is 11.6 Å². The van der Waals surface area contributed by atoms with Crippen molar-refractivity contribution in [3.63, 3.8) is 0 Å². The van der Waals surface area contributed by atoms with Crippen molar-refractivity contribution in [3.05, 3.63) is 64.2 Å². The van der Waals surface area contributed by atoms with Gasteiger partial charge in [-0.05, 0) is 29.8 Å². The van der Waals surface area contributed by atoms with Crippen LogP contribution in [0.3, 0.4) is 0 Å². The summed E-state index contributed by atoms with van der Waals surface area (Å²) in [5, 5.41) is 9.97. The molecule has 0 amide bonds. The van der Waals surface area contributed by atoms with Crippen LogP contribution in [0.1, 0.15) is 17.2 Å². The van der Waals surface area contributed by atoms with E-state index in [1.807, 2.05) is 0 Å². The highest BCUT2D eigenvalue weighted by molar-refractivity contribution is 6.30. The lowest BCUT2D eigenvalue weighted by atomic mass is 10.0. The maximum atomic E-state index is 13.8. The molecule has 1 N–H and O–H groups in total. The van der Waals surface area contributed by atoms with E-state index in [4.69, 9.17) is 16.3 Å². The van der Waals surface area contributed by atoms with E-state index in [9.17, 15) is 13.9 Å². The zero-order valence-electron chi connectivity index (χ0n) is 10.0. The first kappa shape index (κ1) is 13.8. The predicted molar refractivity (Wildman–Crippen MR) is 68.4 cm³/mol. The van der Waals surface area contributed by atoms with E-state index in [2.05, 4.69) is 0 Å². The molecule has 2 nitrogen and oxygen atoms in total. The first-order chi connectivity index (χ1) is 9.02. The Hall–Kier alpha value is -1.65. The summed E-state index contributed by atoms with van der Waals surface area (Å²) in [6.07, 6.45) is -1.22. The van der Waals surface area contributed by atoms with Crippen molar-refractivity contribution in [1.29, 1.82) is 0 Å². The molecule has 0 saturated heterocycles. The molecule has 2 aromatic rings. The summed E-state index contributed by atoms with van der Waals surface area (Å²) in [6.45, 7) is 0. The first-order valence-electron chi connectivity index (χ1n) is 5.49. The van der Waals surface area contributed by atoms with Gasteiger partial charge in [0, 0.05) is 11.6 Å². The van der Waals surface area contributed by atoms with Crippen LogP contribution in [-0.2, 0) is 0 Å². The monoisotopic (exact) mass is 284 g/mol. The van der Waals surface area contributed by atoms with Crippen LogP contribution in [0.25, 0.3) is 0 Å². The molecule has 0 saturated carbocycles. The van der Waals surface area contributed by atoms with Gasteiger partial charge in [0.1, 0.15) is 23.5 Å². The molecule has 2 aromatic carbocycles. The van der Waals surface area contributed by atoms with Crippen LogP contribution in [0.2, 0.25) is 5.02 Å². The molecule has 100 valence electrons. The third-order valence-corrected chi connectivity index (χ3v) is 3.05. The van der Waals surface area contributed by atoms with Gasteiger partial charge in [0.25, 0.3) is 0 Å². The second-order valence-electron chi connectivity index (χ2n) is 3.96. The van der Waals surface area contributed by atoms with Crippen molar-refractivity contribution < 1.29 is 18.6 Å². The van der Waals surface area contributed by atoms with Crippen LogP contribution >= 0.6 is 11.6 Å². The maximum Gasteiger partial charge on any atom is 0.141 e. The molecule has 0 fully saturated rings. The van der Waals surface area contributed by atoms with Gasteiger partial charge in [0.05, 0.1) is 12.1 Å². The van der Waals surface area contributed by atoms with E-state index >= 15 is 0 Å². The van der Waals surface area contributed by atoms with Crippen LogP contribution in [0, 0.1) is 11.6 Å². The Morgan fingerprint density at radius 1 is 1.11 bits per heavy atom. The van der Waals surface area contributed by atoms with Gasteiger partial charge in [0.15, 0.2) is 0 Å². The van der Waals surface area contributed by atoms with Crippen LogP contribution < -0.4 is 4.74 Å². The number of ether oxygens (including phenoxy) is 1. The van der Waals surface area contributed by atoms with E-state index in [0.29, 0.717) is 11.3 Å². The SMILES string of the molecule is COc1ccc(C(O)c2ccc(F)c(Cl)c2)c(F)c1. The second kappa shape index (κ2) is 5.55. The number of halogens is 3. The van der Waals surface area contributed by atoms with E-state index in [1.165, 1.54) is 37.4 Å². The Bertz CT molecular complexity index is 602. The van der Waals surface area contributed by atoms with Crippen LogP contribution in [0.5, 0.6) is 5.75 Å². The van der Waals surface area contributed by atoms with Gasteiger partial charge in [-0.15, -0.1) is 0 Å². The fourth-order valence-corrected chi connectivity index (χ4v) is 1.91. The molecule has 0 aromatic heterocycles. The molecule has 0 radical (unpaired) electrons. The minimum absolute atomic E-state index is 0.0727. The first-order valence-corrected chi connectivity index (χ1v) is 5.87. The molecular weight excluding hydrogens is 274 g/mol. The summed E-state index contributed by atoms with van der Waals surface area (Å²) in [7, 11) is 1.42. The van der Waals surface area contributed by atoms with Gasteiger partial charge in [-0.25, -0.2) is 8.78 Å². The lowest BCUT2D eigenvalue weighted by Gasteiger charge is -2.13. The number of hydrogen-bond acceptors (Lipinski definition) is 2. The fourth-order valence-electron chi connectivity index (χ4n) is 1.72. The number of hydrogen-bond donors (Lipinski definition) is 1. The largest absolute Gasteiger partial charge is 0.497 e. The normalized spacial score (nSPS) is 12.3. The summed E-state index contributed by atoms with van der Waals surface area (Å²) >= 11 is 5.63. The molecule has 2 rings (SSSR count). The fraction of sp³-hybridized carbons (Fsp3) is 0.143. The molecule has 0 aliphatic carbocycles. The van der Waals surface area contributed by atoms with Crippen molar-refractivity contribution in [2.75, 3.05) is 7.11 Å². The van der Waals surface area contributed by atoms with Crippen molar-refractivity contribution in [2.45, 2.75) is 6.10 Å². The molecule has 0 spiro atoms. The molecule has 0 aliphatic heterocycles. The average molecular weight is 285 g/mol. The zero-order valence-corrected chi connectivity index (χ0v) is 10.8. The molecular formula is C14H11ClF2O2. The summed E-state index contributed by atoms with van der Waals surface area (Å²) in [6, 6.07) is 7.87. The van der Waals surface area contributed by atoms with Gasteiger partial charge < -0.3 is 9.84 Å². The van der Waals surface area contributed by atoms with E-state index < -0.39 is 17.7 Å². The second-order valence-corrected chi connectivity index (χ2v) is 4.37. The molecule has 0 bridgehead atoms. The van der Waals surface area contributed by atoms with Gasteiger partial charge in [-0.3, -0.25) is 0 Å². The van der Waals surface area contributed by atoms with Gasteiger partial charge in [-0.2, -0.15) is 0 Å². The maximum absolute atomic E-state index is 13.8. The number of aliphatic hydroxyl groups is 1. The summed E-state index contributed by atoms with van der Waals surface area (Å²) < 4.78 is 31.7. The van der Waals surface area contributed by atoms with Gasteiger partial charge in [0.2, 0.25) is 0 Å². The summed E-state index contributed by atoms with van der Waals surface area (Å²) in [5.74, 6) is -0.842. The standard InChI is InChI=1S/C14H11ClF2O2/c1-19-9-3-4-10(13(17)7-9)14(18)8-2-5-12(16)11(15)6-8/h2-7,14,18H,1H3. The van der Waals surface area contributed by atoms with E-state index in [-0.39, 0.29) is 10.6 Å². The van der Waals surface area contributed by atoms with Crippen molar-refractivity contribution in [1.82, 2.24) is 0 Å². The number of methoxy groups -OCH3 is 1. The van der Waals surface area contributed by atoms with Crippen LogP contribution in [-0.4, -0.2) is 12.2 Å². The van der Waals surface area contributed by atoms with E-state index in [0.717, 1.165) is 6.07 Å². The topological polar surface area (TPSA) is 29.5 Å². The summed E-state index contributed by atoms with van der Waals surface area (Å²) in [4.78, 5) is 0. The molecule has 0 heterocycles. The molecule has 19 heavy (non-hydrogen) atoms. The highest BCUT2D eigenvalue weighted by Crippen LogP contribution is 2.29. The Labute approximate surface area is 114 Å². The Balaban J connectivity index is 2.38. The lowest BCUT2D eigenvalue weighted by molar-refractivity contribution is 0.214. The molecule has 1 unspecified atom stereocenters. The minimum Gasteiger partial charge on any atom is -0.497 e. The third-order valence-electron chi connectivity index (χ3n) is 2.76. The quantitative estimate of drug-likeness (QED) is 0.931. The lowest BCUT2D eigenvalue weighted by Crippen LogP contribution is -2.03. The minimum atomic E-state index is -1.22. The highest BCUT2D eigenvalue weighted by Gasteiger charge is 2.16. The van der Waals surface area contributed by atoms with E-state index in [1.54, 1.807) is 0 Å². The smallest absolute Gasteiger partial charge is 0.141 e. The van der Waals surface area contributed by atoms with Crippen LogP contribution in [0.4, 0.5) is 8.78 Å². The summed E-state index contributed by atoms with van der Waals surface area (Å²) in [5.41, 5.74) is 0.388. The highest BCUT2D eigenvalue weighted by atomic mass is 35.5. The Morgan fingerprint density at radius 3 is 2.42 bits per heavy atom. The molecule has 0 aliphatic rings. The number of rotatable bonds is 3. The number of benzene rings is 2. The van der Waals surface area contributed by atoms with Gasteiger partial charge >= 0.3 is 0 Å². The zero-order chi connectivity index (χ0) is 14.0.